The third-order valence-electron chi connectivity index (χ3n) is 6.02. The second kappa shape index (κ2) is 11.3. The van der Waals surface area contributed by atoms with Gasteiger partial charge < -0.3 is 14.4 Å². The molecule has 0 radical (unpaired) electrons. The number of rotatable bonds is 7. The summed E-state index contributed by atoms with van der Waals surface area (Å²) in [7, 11) is 0. The summed E-state index contributed by atoms with van der Waals surface area (Å²) in [6, 6.07) is 27.7. The van der Waals surface area contributed by atoms with Crippen LogP contribution in [0.3, 0.4) is 0 Å². The van der Waals surface area contributed by atoms with Crippen LogP contribution in [-0.2, 0) is 29.1 Å². The van der Waals surface area contributed by atoms with Crippen molar-refractivity contribution in [1.29, 1.82) is 0 Å². The van der Waals surface area contributed by atoms with Crippen molar-refractivity contribution in [3.63, 3.8) is 0 Å². The minimum Gasteiger partial charge on any atom is -0.489 e. The number of hydrogen-bond acceptors (Lipinski definition) is 4. The van der Waals surface area contributed by atoms with Crippen LogP contribution in [0.4, 0.5) is 4.79 Å². The van der Waals surface area contributed by atoms with Crippen LogP contribution >= 0.6 is 0 Å². The molecule has 0 aromatic heterocycles. The Bertz CT molecular complexity index is 1140. The highest BCUT2D eigenvalue weighted by Gasteiger charge is 2.37. The van der Waals surface area contributed by atoms with Crippen molar-refractivity contribution in [3.8, 4) is 5.75 Å². The van der Waals surface area contributed by atoms with E-state index >= 15 is 0 Å². The number of piperazine rings is 1. The van der Waals surface area contributed by atoms with Crippen molar-refractivity contribution in [3.05, 3.63) is 102 Å². The zero-order valence-electron chi connectivity index (χ0n) is 21.2. The third-order valence-corrected chi connectivity index (χ3v) is 6.02. The second-order valence-electron chi connectivity index (χ2n) is 10.1. The van der Waals surface area contributed by atoms with E-state index in [4.69, 9.17) is 9.47 Å². The summed E-state index contributed by atoms with van der Waals surface area (Å²) < 4.78 is 11.5. The molecule has 0 saturated carbocycles. The molecule has 1 heterocycles. The Morgan fingerprint density at radius 1 is 0.861 bits per heavy atom. The molecule has 0 bridgehead atoms. The molecule has 6 nitrogen and oxygen atoms in total. The van der Waals surface area contributed by atoms with Crippen LogP contribution in [0.1, 0.15) is 37.5 Å². The van der Waals surface area contributed by atoms with Crippen molar-refractivity contribution in [2.45, 2.75) is 52.0 Å². The van der Waals surface area contributed by atoms with Crippen LogP contribution in [-0.4, -0.2) is 46.5 Å². The average molecular weight is 487 g/mol. The fourth-order valence-electron chi connectivity index (χ4n) is 4.23. The lowest BCUT2D eigenvalue weighted by Crippen LogP contribution is -2.59. The van der Waals surface area contributed by atoms with Crippen molar-refractivity contribution >= 4 is 12.0 Å². The van der Waals surface area contributed by atoms with E-state index in [0.717, 1.165) is 22.4 Å². The summed E-state index contributed by atoms with van der Waals surface area (Å²) in [5, 5.41) is 0. The Morgan fingerprint density at radius 2 is 1.47 bits per heavy atom. The Hall–Kier alpha value is -3.80. The summed E-state index contributed by atoms with van der Waals surface area (Å²) in [4.78, 5) is 29.4. The van der Waals surface area contributed by atoms with Crippen LogP contribution in [0.2, 0.25) is 0 Å². The number of carbonyl (C=O) groups is 2. The zero-order valence-corrected chi connectivity index (χ0v) is 21.2. The molecule has 188 valence electrons. The summed E-state index contributed by atoms with van der Waals surface area (Å²) in [6.07, 6.45) is 0.152. The van der Waals surface area contributed by atoms with Crippen LogP contribution in [0.15, 0.2) is 84.9 Å². The van der Waals surface area contributed by atoms with E-state index in [1.165, 1.54) is 0 Å². The highest BCUT2D eigenvalue weighted by molar-refractivity contribution is 5.84. The van der Waals surface area contributed by atoms with E-state index in [-0.39, 0.29) is 18.5 Å². The number of hydrogen-bond donors (Lipinski definition) is 0. The van der Waals surface area contributed by atoms with E-state index in [2.05, 4.69) is 0 Å². The van der Waals surface area contributed by atoms with Crippen LogP contribution < -0.4 is 4.74 Å². The Kier molecular flexibility index (Phi) is 7.93. The van der Waals surface area contributed by atoms with E-state index in [1.54, 1.807) is 4.90 Å². The van der Waals surface area contributed by atoms with Gasteiger partial charge in [-0.1, -0.05) is 72.8 Å². The molecule has 6 heteroatoms. The molecular weight excluding hydrogens is 452 g/mol. The van der Waals surface area contributed by atoms with E-state index in [0.29, 0.717) is 26.1 Å². The Morgan fingerprint density at radius 3 is 2.08 bits per heavy atom. The van der Waals surface area contributed by atoms with E-state index < -0.39 is 11.7 Å². The standard InChI is InChI=1S/C30H34N2O4/c1-30(2,3)36-29(34)32-21-28(33)31(19-24-10-6-4-7-11-24)20-26(32)18-23-14-16-27(17-15-23)35-22-25-12-8-5-9-13-25/h4-17,26H,18-22H2,1-3H3/t26-/m0/s1. The molecule has 1 fully saturated rings. The van der Waals surface area contributed by atoms with Gasteiger partial charge in [0, 0.05) is 13.1 Å². The topological polar surface area (TPSA) is 59.1 Å². The molecule has 0 spiro atoms. The molecule has 3 aromatic carbocycles. The van der Waals surface area contributed by atoms with Crippen molar-refractivity contribution in [2.24, 2.45) is 0 Å². The van der Waals surface area contributed by atoms with Crippen LogP contribution in [0.25, 0.3) is 0 Å². The van der Waals surface area contributed by atoms with Gasteiger partial charge >= 0.3 is 6.09 Å². The van der Waals surface area contributed by atoms with Crippen molar-refractivity contribution in [2.75, 3.05) is 13.1 Å². The molecule has 2 amide bonds. The largest absolute Gasteiger partial charge is 0.489 e. The molecule has 0 N–H and O–H groups in total. The van der Waals surface area contributed by atoms with Gasteiger partial charge in [-0.2, -0.15) is 0 Å². The Balaban J connectivity index is 1.46. The van der Waals surface area contributed by atoms with Crippen molar-refractivity contribution in [1.82, 2.24) is 9.80 Å². The van der Waals surface area contributed by atoms with Gasteiger partial charge in [-0.15, -0.1) is 0 Å². The van der Waals surface area contributed by atoms with Gasteiger partial charge in [-0.25, -0.2) is 4.79 Å². The lowest BCUT2D eigenvalue weighted by Gasteiger charge is -2.41. The molecule has 1 saturated heterocycles. The fourth-order valence-corrected chi connectivity index (χ4v) is 4.23. The fraction of sp³-hybridized carbons (Fsp3) is 0.333. The highest BCUT2D eigenvalue weighted by atomic mass is 16.6. The molecule has 4 rings (SSSR count). The monoisotopic (exact) mass is 486 g/mol. The van der Waals surface area contributed by atoms with Gasteiger partial charge in [0.05, 0.1) is 6.04 Å². The van der Waals surface area contributed by atoms with Gasteiger partial charge in [0.25, 0.3) is 0 Å². The predicted molar refractivity (Wildman–Crippen MR) is 140 cm³/mol. The van der Waals surface area contributed by atoms with Gasteiger partial charge in [0.1, 0.15) is 24.5 Å². The SMILES string of the molecule is CC(C)(C)OC(=O)N1CC(=O)N(Cc2ccccc2)C[C@@H]1Cc1ccc(OCc2ccccc2)cc1. The first-order valence-corrected chi connectivity index (χ1v) is 12.3. The molecule has 1 aliphatic rings. The maximum absolute atomic E-state index is 13.0. The number of ether oxygens (including phenoxy) is 2. The first kappa shape index (κ1) is 25.3. The predicted octanol–water partition coefficient (Wildman–Crippen LogP) is 5.46. The molecule has 36 heavy (non-hydrogen) atoms. The Labute approximate surface area is 213 Å². The first-order chi connectivity index (χ1) is 17.3. The molecular formula is C30H34N2O4. The normalized spacial score (nSPS) is 16.1. The lowest BCUT2D eigenvalue weighted by molar-refractivity contribution is -0.139. The molecule has 1 aliphatic heterocycles. The minimum absolute atomic E-state index is 0.00465. The maximum Gasteiger partial charge on any atom is 0.411 e. The molecule has 0 aliphatic carbocycles. The smallest absolute Gasteiger partial charge is 0.411 e. The van der Waals surface area contributed by atoms with E-state index in [9.17, 15) is 9.59 Å². The lowest BCUT2D eigenvalue weighted by atomic mass is 10.0. The van der Waals surface area contributed by atoms with Crippen molar-refractivity contribution < 1.29 is 19.1 Å². The van der Waals surface area contributed by atoms with E-state index in [1.807, 2.05) is 111 Å². The van der Waals surface area contributed by atoms with Gasteiger partial charge in [0.15, 0.2) is 0 Å². The maximum atomic E-state index is 13.0. The quantitative estimate of drug-likeness (QED) is 0.445. The number of carbonyl (C=O) groups excluding carboxylic acids is 2. The molecule has 3 aromatic rings. The minimum atomic E-state index is -0.635. The zero-order chi connectivity index (χ0) is 25.5. The second-order valence-corrected chi connectivity index (χ2v) is 10.1. The average Bonchev–Trinajstić information content (AvgIpc) is 2.85. The number of amides is 2. The van der Waals surface area contributed by atoms with Crippen LogP contribution in [0.5, 0.6) is 5.75 Å². The van der Waals surface area contributed by atoms with Crippen LogP contribution in [0, 0.1) is 0 Å². The number of nitrogens with zero attached hydrogens (tertiary/aromatic N) is 2. The van der Waals surface area contributed by atoms with Gasteiger partial charge in [0.2, 0.25) is 5.91 Å². The van der Waals surface area contributed by atoms with Gasteiger partial charge in [-0.05, 0) is 56.0 Å². The van der Waals surface area contributed by atoms with Gasteiger partial charge in [-0.3, -0.25) is 9.69 Å². The summed E-state index contributed by atoms with van der Waals surface area (Å²) in [5.41, 5.74) is 2.61. The summed E-state index contributed by atoms with van der Waals surface area (Å²) >= 11 is 0. The summed E-state index contributed by atoms with van der Waals surface area (Å²) in [5.74, 6) is 0.710. The summed E-state index contributed by atoms with van der Waals surface area (Å²) in [6.45, 7) is 6.98. The first-order valence-electron chi connectivity index (χ1n) is 12.3. The highest BCUT2D eigenvalue weighted by Crippen LogP contribution is 2.22. The molecule has 0 unspecified atom stereocenters. The number of benzene rings is 3. The third kappa shape index (κ3) is 7.11. The molecule has 1 atom stereocenters.